The van der Waals surface area contributed by atoms with Crippen LogP contribution in [0.15, 0.2) is 67.1 Å². The SMILES string of the molecule is O=C(Nc1cccc(Cl)c1)N1CCn2cccc2[C@@H]1c1cccnc1. The average molecular weight is 353 g/mol. The number of hydrogen-bond donors (Lipinski definition) is 1. The lowest BCUT2D eigenvalue weighted by Crippen LogP contribution is -2.44. The van der Waals surface area contributed by atoms with Gasteiger partial charge < -0.3 is 14.8 Å². The predicted octanol–water partition coefficient (Wildman–Crippen LogP) is 4.17. The molecular weight excluding hydrogens is 336 g/mol. The molecule has 2 amide bonds. The summed E-state index contributed by atoms with van der Waals surface area (Å²) in [5.74, 6) is 0. The summed E-state index contributed by atoms with van der Waals surface area (Å²) in [6, 6.07) is 14.8. The number of anilines is 1. The van der Waals surface area contributed by atoms with Crippen molar-refractivity contribution >= 4 is 23.3 Å². The third-order valence-electron chi connectivity index (χ3n) is 4.38. The van der Waals surface area contributed by atoms with E-state index in [-0.39, 0.29) is 12.1 Å². The molecule has 1 atom stereocenters. The van der Waals surface area contributed by atoms with Crippen LogP contribution in [0.25, 0.3) is 0 Å². The first-order valence-corrected chi connectivity index (χ1v) is 8.48. The van der Waals surface area contributed by atoms with Gasteiger partial charge in [-0.15, -0.1) is 0 Å². The summed E-state index contributed by atoms with van der Waals surface area (Å²) < 4.78 is 2.18. The van der Waals surface area contributed by atoms with Crippen LogP contribution in [0.3, 0.4) is 0 Å². The van der Waals surface area contributed by atoms with E-state index in [0.717, 1.165) is 17.8 Å². The second-order valence-corrected chi connectivity index (χ2v) is 6.39. The van der Waals surface area contributed by atoms with Gasteiger partial charge in [-0.1, -0.05) is 23.7 Å². The minimum atomic E-state index is -0.170. The van der Waals surface area contributed by atoms with Crippen LogP contribution < -0.4 is 5.32 Å². The molecule has 5 nitrogen and oxygen atoms in total. The van der Waals surface area contributed by atoms with E-state index in [2.05, 4.69) is 20.9 Å². The molecule has 0 fully saturated rings. The maximum absolute atomic E-state index is 12.9. The van der Waals surface area contributed by atoms with Crippen molar-refractivity contribution in [2.45, 2.75) is 12.6 Å². The molecular formula is C19H17ClN4O. The molecule has 1 aliphatic rings. The molecule has 0 aliphatic carbocycles. The van der Waals surface area contributed by atoms with Gasteiger partial charge in [0.15, 0.2) is 0 Å². The molecule has 1 aliphatic heterocycles. The second-order valence-electron chi connectivity index (χ2n) is 5.95. The van der Waals surface area contributed by atoms with Crippen molar-refractivity contribution < 1.29 is 4.79 Å². The van der Waals surface area contributed by atoms with Crippen molar-refractivity contribution in [1.82, 2.24) is 14.5 Å². The highest BCUT2D eigenvalue weighted by atomic mass is 35.5. The highest BCUT2D eigenvalue weighted by molar-refractivity contribution is 6.30. The number of fused-ring (bicyclic) bond motifs is 1. The van der Waals surface area contributed by atoms with E-state index < -0.39 is 0 Å². The van der Waals surface area contributed by atoms with Crippen LogP contribution in [0, 0.1) is 0 Å². The maximum Gasteiger partial charge on any atom is 0.322 e. The molecule has 2 aromatic heterocycles. The summed E-state index contributed by atoms with van der Waals surface area (Å²) in [5, 5.41) is 3.54. The molecule has 0 unspecified atom stereocenters. The normalized spacial score (nSPS) is 16.4. The van der Waals surface area contributed by atoms with Crippen LogP contribution in [0.1, 0.15) is 17.3 Å². The number of nitrogens with zero attached hydrogens (tertiary/aromatic N) is 3. The zero-order valence-corrected chi connectivity index (χ0v) is 14.2. The average Bonchev–Trinajstić information content (AvgIpc) is 3.10. The third-order valence-corrected chi connectivity index (χ3v) is 4.61. The van der Waals surface area contributed by atoms with Crippen molar-refractivity contribution in [3.8, 4) is 0 Å². The Morgan fingerprint density at radius 1 is 1.16 bits per heavy atom. The summed E-state index contributed by atoms with van der Waals surface area (Å²) in [4.78, 5) is 19.0. The Labute approximate surface area is 150 Å². The lowest BCUT2D eigenvalue weighted by molar-refractivity contribution is 0.181. The Hall–Kier alpha value is -2.79. The monoisotopic (exact) mass is 352 g/mol. The van der Waals surface area contributed by atoms with Gasteiger partial charge >= 0.3 is 6.03 Å². The molecule has 1 N–H and O–H groups in total. The summed E-state index contributed by atoms with van der Waals surface area (Å²) in [5.41, 5.74) is 2.76. The van der Waals surface area contributed by atoms with E-state index in [1.807, 2.05) is 47.6 Å². The second kappa shape index (κ2) is 6.61. The maximum atomic E-state index is 12.9. The smallest absolute Gasteiger partial charge is 0.322 e. The standard InChI is InChI=1S/C19H17ClN4O/c20-15-5-1-6-16(12-15)22-19(25)24-11-10-23-9-3-7-17(23)18(24)14-4-2-8-21-13-14/h1-9,12-13,18H,10-11H2,(H,22,25)/t18-/m0/s1. The van der Waals surface area contributed by atoms with Gasteiger partial charge in [0.05, 0.1) is 0 Å². The summed E-state index contributed by atoms with van der Waals surface area (Å²) in [6.45, 7) is 1.38. The van der Waals surface area contributed by atoms with E-state index in [1.54, 1.807) is 18.3 Å². The number of benzene rings is 1. The fourth-order valence-corrected chi connectivity index (χ4v) is 3.44. The van der Waals surface area contributed by atoms with E-state index in [1.165, 1.54) is 0 Å². The van der Waals surface area contributed by atoms with Crippen LogP contribution in [0.2, 0.25) is 5.02 Å². The molecule has 0 radical (unpaired) electrons. The number of hydrogen-bond acceptors (Lipinski definition) is 2. The molecule has 0 bridgehead atoms. The number of carbonyl (C=O) groups is 1. The van der Waals surface area contributed by atoms with E-state index in [0.29, 0.717) is 17.3 Å². The molecule has 126 valence electrons. The van der Waals surface area contributed by atoms with E-state index in [9.17, 15) is 4.79 Å². The lowest BCUT2D eigenvalue weighted by atomic mass is 10.0. The summed E-state index contributed by atoms with van der Waals surface area (Å²) in [7, 11) is 0. The Bertz CT molecular complexity index is 893. The number of amides is 2. The van der Waals surface area contributed by atoms with Crippen molar-refractivity contribution in [2.75, 3.05) is 11.9 Å². The number of nitrogens with one attached hydrogen (secondary N) is 1. The lowest BCUT2D eigenvalue weighted by Gasteiger charge is -2.37. The fraction of sp³-hybridized carbons (Fsp3) is 0.158. The molecule has 0 saturated carbocycles. The Kier molecular flexibility index (Phi) is 4.15. The van der Waals surface area contributed by atoms with Crippen LogP contribution in [-0.2, 0) is 6.54 Å². The number of carbonyl (C=O) groups excluding carboxylic acids is 1. The molecule has 4 rings (SSSR count). The van der Waals surface area contributed by atoms with Crippen LogP contribution >= 0.6 is 11.6 Å². The van der Waals surface area contributed by atoms with Crippen molar-refractivity contribution in [3.05, 3.63) is 83.4 Å². The van der Waals surface area contributed by atoms with Gasteiger partial charge in [0.1, 0.15) is 6.04 Å². The molecule has 3 aromatic rings. The number of rotatable bonds is 2. The van der Waals surface area contributed by atoms with E-state index in [4.69, 9.17) is 11.6 Å². The molecule has 0 saturated heterocycles. The number of halogens is 1. The predicted molar refractivity (Wildman–Crippen MR) is 97.7 cm³/mol. The highest BCUT2D eigenvalue weighted by Crippen LogP contribution is 2.32. The zero-order valence-electron chi connectivity index (χ0n) is 13.5. The van der Waals surface area contributed by atoms with Crippen LogP contribution in [0.4, 0.5) is 10.5 Å². The van der Waals surface area contributed by atoms with Gasteiger partial charge in [-0.2, -0.15) is 0 Å². The molecule has 1 aromatic carbocycles. The first kappa shape index (κ1) is 15.7. The van der Waals surface area contributed by atoms with E-state index >= 15 is 0 Å². The quantitative estimate of drug-likeness (QED) is 0.752. The number of pyridine rings is 1. The van der Waals surface area contributed by atoms with Gasteiger partial charge in [-0.25, -0.2) is 4.79 Å². The minimum Gasteiger partial charge on any atom is -0.348 e. The van der Waals surface area contributed by atoms with Gasteiger partial charge in [0, 0.05) is 48.1 Å². The Morgan fingerprint density at radius 3 is 2.88 bits per heavy atom. The molecule has 6 heteroatoms. The van der Waals surface area contributed by atoms with Gasteiger partial charge in [0.2, 0.25) is 0 Å². The summed E-state index contributed by atoms with van der Waals surface area (Å²) >= 11 is 6.01. The minimum absolute atomic E-state index is 0.149. The fourth-order valence-electron chi connectivity index (χ4n) is 3.25. The Morgan fingerprint density at radius 2 is 2.08 bits per heavy atom. The van der Waals surface area contributed by atoms with Crippen molar-refractivity contribution in [3.63, 3.8) is 0 Å². The Balaban J connectivity index is 1.66. The summed E-state index contributed by atoms with van der Waals surface area (Å²) in [6.07, 6.45) is 5.60. The van der Waals surface area contributed by atoms with Crippen LogP contribution in [0.5, 0.6) is 0 Å². The largest absolute Gasteiger partial charge is 0.348 e. The van der Waals surface area contributed by atoms with Gasteiger partial charge in [-0.05, 0) is 42.0 Å². The molecule has 0 spiro atoms. The number of aromatic nitrogens is 2. The highest BCUT2D eigenvalue weighted by Gasteiger charge is 2.32. The number of urea groups is 1. The van der Waals surface area contributed by atoms with Crippen molar-refractivity contribution in [1.29, 1.82) is 0 Å². The van der Waals surface area contributed by atoms with Crippen molar-refractivity contribution in [2.24, 2.45) is 0 Å². The zero-order chi connectivity index (χ0) is 17.2. The van der Waals surface area contributed by atoms with Crippen LogP contribution in [-0.4, -0.2) is 27.0 Å². The first-order chi connectivity index (χ1) is 12.2. The first-order valence-electron chi connectivity index (χ1n) is 8.10. The third kappa shape index (κ3) is 3.10. The molecule has 25 heavy (non-hydrogen) atoms. The van der Waals surface area contributed by atoms with Gasteiger partial charge in [0.25, 0.3) is 0 Å². The molecule has 3 heterocycles. The topological polar surface area (TPSA) is 50.2 Å². The van der Waals surface area contributed by atoms with Gasteiger partial charge in [-0.3, -0.25) is 4.98 Å².